The van der Waals surface area contributed by atoms with E-state index in [1.807, 2.05) is 0 Å². The number of hydrogen-bond acceptors (Lipinski definition) is 4. The lowest BCUT2D eigenvalue weighted by Crippen LogP contribution is -2.10. The average molecular weight is 244 g/mol. The van der Waals surface area contributed by atoms with Crippen LogP contribution in [0.2, 0.25) is 0 Å². The number of nitrogens with two attached hydrogens (primary N) is 1. The van der Waals surface area contributed by atoms with Gasteiger partial charge in [0.15, 0.2) is 0 Å². The molecule has 1 heterocycles. The van der Waals surface area contributed by atoms with E-state index in [2.05, 4.69) is 4.98 Å². The van der Waals surface area contributed by atoms with Gasteiger partial charge in [-0.25, -0.2) is 4.98 Å². The molecule has 92 valence electrons. The highest BCUT2D eigenvalue weighted by Crippen LogP contribution is 2.19. The maximum atomic E-state index is 10.9. The van der Waals surface area contributed by atoms with Gasteiger partial charge in [0.05, 0.1) is 12.2 Å². The summed E-state index contributed by atoms with van der Waals surface area (Å²) in [5.74, 6) is 0.449. The third kappa shape index (κ3) is 2.83. The average Bonchev–Trinajstić information content (AvgIpc) is 2.40. The molecule has 5 nitrogen and oxygen atoms in total. The summed E-state index contributed by atoms with van der Waals surface area (Å²) >= 11 is 0. The molecule has 0 fully saturated rings. The van der Waals surface area contributed by atoms with Crippen molar-refractivity contribution >= 4 is 5.91 Å². The predicted molar refractivity (Wildman–Crippen MR) is 65.2 cm³/mol. The summed E-state index contributed by atoms with van der Waals surface area (Å²) in [7, 11) is 0. The molecule has 0 radical (unpaired) electrons. The summed E-state index contributed by atoms with van der Waals surface area (Å²) < 4.78 is 5.47. The minimum atomic E-state index is -0.527. The molecule has 0 bridgehead atoms. The lowest BCUT2D eigenvalue weighted by Gasteiger charge is -2.05. The lowest BCUT2D eigenvalue weighted by molar-refractivity contribution is 0.1000. The SMILES string of the molecule is NC(=O)c1ccc(Oc2ccc(CO)cc2)nc1. The van der Waals surface area contributed by atoms with Crippen molar-refractivity contribution in [1.29, 1.82) is 0 Å². The van der Waals surface area contributed by atoms with Gasteiger partial charge in [0.1, 0.15) is 5.75 Å². The highest BCUT2D eigenvalue weighted by Gasteiger charge is 2.02. The first-order valence-electron chi connectivity index (χ1n) is 5.32. The largest absolute Gasteiger partial charge is 0.439 e. The molecule has 0 unspecified atom stereocenters. The number of carbonyl (C=O) groups excluding carboxylic acids is 1. The van der Waals surface area contributed by atoms with Crippen molar-refractivity contribution in [3.05, 3.63) is 53.7 Å². The van der Waals surface area contributed by atoms with E-state index in [-0.39, 0.29) is 6.61 Å². The van der Waals surface area contributed by atoms with Gasteiger partial charge in [-0.15, -0.1) is 0 Å². The third-order valence-electron chi connectivity index (χ3n) is 2.35. The highest BCUT2D eigenvalue weighted by atomic mass is 16.5. The number of rotatable bonds is 4. The van der Waals surface area contributed by atoms with E-state index in [0.29, 0.717) is 17.2 Å². The summed E-state index contributed by atoms with van der Waals surface area (Å²) in [5.41, 5.74) is 6.24. The number of ether oxygens (including phenoxy) is 1. The maximum absolute atomic E-state index is 10.9. The van der Waals surface area contributed by atoms with E-state index >= 15 is 0 Å². The van der Waals surface area contributed by atoms with Crippen LogP contribution in [0.15, 0.2) is 42.6 Å². The van der Waals surface area contributed by atoms with Crippen LogP contribution in [0.25, 0.3) is 0 Å². The number of hydrogen-bond donors (Lipinski definition) is 2. The molecule has 0 saturated heterocycles. The van der Waals surface area contributed by atoms with Gasteiger partial charge in [0.2, 0.25) is 11.8 Å². The number of nitrogens with zero attached hydrogens (tertiary/aromatic N) is 1. The number of primary amides is 1. The van der Waals surface area contributed by atoms with Gasteiger partial charge in [-0.1, -0.05) is 12.1 Å². The monoisotopic (exact) mass is 244 g/mol. The number of benzene rings is 1. The van der Waals surface area contributed by atoms with E-state index in [0.717, 1.165) is 5.56 Å². The van der Waals surface area contributed by atoms with Crippen LogP contribution >= 0.6 is 0 Å². The molecule has 5 heteroatoms. The van der Waals surface area contributed by atoms with Gasteiger partial charge in [-0.3, -0.25) is 4.79 Å². The Hall–Kier alpha value is -2.40. The van der Waals surface area contributed by atoms with Gasteiger partial charge in [0, 0.05) is 12.3 Å². The molecule has 0 saturated carbocycles. The number of amides is 1. The number of aliphatic hydroxyl groups is 1. The van der Waals surface area contributed by atoms with Gasteiger partial charge >= 0.3 is 0 Å². The van der Waals surface area contributed by atoms with Gasteiger partial charge in [-0.2, -0.15) is 0 Å². The lowest BCUT2D eigenvalue weighted by atomic mass is 10.2. The van der Waals surface area contributed by atoms with Crippen LogP contribution in [0.1, 0.15) is 15.9 Å². The minimum Gasteiger partial charge on any atom is -0.439 e. The molecule has 3 N–H and O–H groups in total. The van der Waals surface area contributed by atoms with E-state index in [9.17, 15) is 4.79 Å². The Morgan fingerprint density at radius 1 is 1.22 bits per heavy atom. The van der Waals surface area contributed by atoms with Gasteiger partial charge < -0.3 is 15.6 Å². The first kappa shape index (κ1) is 12.1. The molecule has 0 atom stereocenters. The van der Waals surface area contributed by atoms with Crippen molar-refractivity contribution < 1.29 is 14.6 Å². The number of carbonyl (C=O) groups is 1. The Kier molecular flexibility index (Phi) is 3.54. The topological polar surface area (TPSA) is 85.4 Å². The van der Waals surface area contributed by atoms with Crippen LogP contribution in [-0.2, 0) is 6.61 Å². The van der Waals surface area contributed by atoms with Gasteiger partial charge in [-0.05, 0) is 23.8 Å². The summed E-state index contributed by atoms with van der Waals surface area (Å²) in [6.07, 6.45) is 1.36. The van der Waals surface area contributed by atoms with E-state index in [4.69, 9.17) is 15.6 Å². The standard InChI is InChI=1S/C13H12N2O3/c14-13(17)10-3-6-12(15-7-10)18-11-4-1-9(8-16)2-5-11/h1-7,16H,8H2,(H2,14,17). The van der Waals surface area contributed by atoms with Crippen molar-refractivity contribution in [3.63, 3.8) is 0 Å². The predicted octanol–water partition coefficient (Wildman–Crippen LogP) is 1.47. The molecule has 0 aliphatic heterocycles. The van der Waals surface area contributed by atoms with Gasteiger partial charge in [0.25, 0.3) is 0 Å². The Balaban J connectivity index is 2.10. The molecule has 0 spiro atoms. The zero-order valence-electron chi connectivity index (χ0n) is 9.54. The van der Waals surface area contributed by atoms with Crippen molar-refractivity contribution in [2.24, 2.45) is 5.73 Å². The molecule has 2 aromatic rings. The fourth-order valence-corrected chi connectivity index (χ4v) is 1.37. The second kappa shape index (κ2) is 5.29. The van der Waals surface area contributed by atoms with Crippen LogP contribution in [-0.4, -0.2) is 16.0 Å². The van der Waals surface area contributed by atoms with E-state index in [1.165, 1.54) is 6.20 Å². The normalized spacial score (nSPS) is 10.1. The quantitative estimate of drug-likeness (QED) is 0.852. The first-order valence-corrected chi connectivity index (χ1v) is 5.32. The van der Waals surface area contributed by atoms with E-state index in [1.54, 1.807) is 36.4 Å². The molecule has 18 heavy (non-hydrogen) atoms. The molecular weight excluding hydrogens is 232 g/mol. The minimum absolute atomic E-state index is 0.00810. The fraction of sp³-hybridized carbons (Fsp3) is 0.0769. The van der Waals surface area contributed by atoms with Crippen LogP contribution < -0.4 is 10.5 Å². The van der Waals surface area contributed by atoms with Crippen molar-refractivity contribution in [2.45, 2.75) is 6.61 Å². The summed E-state index contributed by atoms with van der Waals surface area (Å²) in [6.45, 7) is -0.00810. The first-order chi connectivity index (χ1) is 8.69. The third-order valence-corrected chi connectivity index (χ3v) is 2.35. The Morgan fingerprint density at radius 3 is 2.44 bits per heavy atom. The molecule has 0 aliphatic carbocycles. The summed E-state index contributed by atoms with van der Waals surface area (Å²) in [4.78, 5) is 14.8. The molecule has 1 amide bonds. The second-order valence-electron chi connectivity index (χ2n) is 3.65. The highest BCUT2D eigenvalue weighted by molar-refractivity contribution is 5.92. The smallest absolute Gasteiger partial charge is 0.250 e. The molecule has 1 aromatic carbocycles. The van der Waals surface area contributed by atoms with Crippen LogP contribution in [0, 0.1) is 0 Å². The van der Waals surface area contributed by atoms with Crippen LogP contribution in [0.3, 0.4) is 0 Å². The van der Waals surface area contributed by atoms with Crippen molar-refractivity contribution in [3.8, 4) is 11.6 Å². The number of aliphatic hydroxyl groups excluding tert-OH is 1. The Bertz CT molecular complexity index is 535. The Labute approximate surface area is 104 Å². The maximum Gasteiger partial charge on any atom is 0.250 e. The zero-order chi connectivity index (χ0) is 13.0. The van der Waals surface area contributed by atoms with Crippen LogP contribution in [0.5, 0.6) is 11.6 Å². The molecule has 1 aromatic heterocycles. The number of pyridine rings is 1. The summed E-state index contributed by atoms with van der Waals surface area (Å²) in [6, 6.07) is 10.1. The van der Waals surface area contributed by atoms with Crippen molar-refractivity contribution in [2.75, 3.05) is 0 Å². The molecular formula is C13H12N2O3. The molecule has 0 aliphatic rings. The van der Waals surface area contributed by atoms with E-state index < -0.39 is 5.91 Å². The fourth-order valence-electron chi connectivity index (χ4n) is 1.37. The van der Waals surface area contributed by atoms with Crippen molar-refractivity contribution in [1.82, 2.24) is 4.98 Å². The molecule has 2 rings (SSSR count). The number of aromatic nitrogens is 1. The second-order valence-corrected chi connectivity index (χ2v) is 3.65. The zero-order valence-corrected chi connectivity index (χ0v) is 9.54. The Morgan fingerprint density at radius 2 is 1.94 bits per heavy atom. The van der Waals surface area contributed by atoms with Crippen LogP contribution in [0.4, 0.5) is 0 Å². The summed E-state index contributed by atoms with van der Waals surface area (Å²) in [5, 5.41) is 8.90.